The summed E-state index contributed by atoms with van der Waals surface area (Å²) in [4.78, 5) is 11.9. The number of esters is 1. The molecular weight excluding hydrogens is 407 g/mol. The summed E-state index contributed by atoms with van der Waals surface area (Å²) in [5.41, 5.74) is 1.58. The van der Waals surface area contributed by atoms with Gasteiger partial charge >= 0.3 is 5.97 Å². The van der Waals surface area contributed by atoms with E-state index in [-0.39, 0.29) is 5.97 Å². The highest BCUT2D eigenvalue weighted by Crippen LogP contribution is 2.19. The maximum atomic E-state index is 11.9. The molecule has 0 aliphatic heterocycles. The van der Waals surface area contributed by atoms with E-state index in [1.54, 1.807) is 6.07 Å². The Bertz CT molecular complexity index is 555. The van der Waals surface area contributed by atoms with Gasteiger partial charge in [0.1, 0.15) is 6.61 Å². The molecule has 0 amide bonds. The van der Waals surface area contributed by atoms with Crippen LogP contribution in [-0.4, -0.2) is 5.97 Å². The van der Waals surface area contributed by atoms with Gasteiger partial charge in [0.05, 0.1) is 5.56 Å². The monoisotopic (exact) mass is 416 g/mol. The first-order valence-corrected chi connectivity index (χ1v) is 7.20. The molecule has 4 heteroatoms. The molecule has 0 heterocycles. The molecule has 18 heavy (non-hydrogen) atoms. The predicted molar refractivity (Wildman–Crippen MR) is 82.4 cm³/mol. The van der Waals surface area contributed by atoms with Crippen LogP contribution in [0.25, 0.3) is 0 Å². The summed E-state index contributed by atoms with van der Waals surface area (Å²) in [5.74, 6) is -0.296. The Balaban J connectivity index is 2.04. The van der Waals surface area contributed by atoms with Crippen molar-refractivity contribution in [1.82, 2.24) is 0 Å². The Hall–Kier alpha value is -0.880. The smallest absolute Gasteiger partial charge is 0.339 e. The average molecular weight is 417 g/mol. The van der Waals surface area contributed by atoms with Crippen LogP contribution in [-0.2, 0) is 11.3 Å². The number of benzene rings is 2. The zero-order valence-electron chi connectivity index (χ0n) is 9.40. The van der Waals surface area contributed by atoms with E-state index in [1.807, 2.05) is 42.5 Å². The van der Waals surface area contributed by atoms with E-state index in [9.17, 15) is 4.79 Å². The van der Waals surface area contributed by atoms with Crippen LogP contribution in [0.3, 0.4) is 0 Å². The maximum Gasteiger partial charge on any atom is 0.339 e. The van der Waals surface area contributed by atoms with E-state index in [0.29, 0.717) is 12.2 Å². The molecule has 0 aliphatic carbocycles. The van der Waals surface area contributed by atoms with E-state index in [4.69, 9.17) is 4.74 Å². The largest absolute Gasteiger partial charge is 0.457 e. The van der Waals surface area contributed by atoms with Gasteiger partial charge in [-0.1, -0.05) is 46.3 Å². The fourth-order valence-electron chi connectivity index (χ4n) is 1.46. The third-order valence-corrected chi connectivity index (χ3v) is 3.75. The number of hydrogen-bond donors (Lipinski definition) is 0. The molecule has 0 saturated heterocycles. The Morgan fingerprint density at radius 3 is 2.56 bits per heavy atom. The van der Waals surface area contributed by atoms with Crippen LogP contribution >= 0.6 is 38.5 Å². The van der Waals surface area contributed by atoms with Gasteiger partial charge in [-0.15, -0.1) is 0 Å². The van der Waals surface area contributed by atoms with Gasteiger partial charge in [0.25, 0.3) is 0 Å². The highest BCUT2D eigenvalue weighted by atomic mass is 127. The SMILES string of the molecule is O=C(OCc1ccccc1)c1ccc(Br)cc1I. The third kappa shape index (κ3) is 3.55. The molecule has 0 bridgehead atoms. The molecule has 0 atom stereocenters. The molecule has 2 aromatic rings. The molecule has 0 aliphatic rings. The lowest BCUT2D eigenvalue weighted by atomic mass is 10.2. The topological polar surface area (TPSA) is 26.3 Å². The van der Waals surface area contributed by atoms with E-state index in [1.165, 1.54) is 0 Å². The average Bonchev–Trinajstić information content (AvgIpc) is 2.37. The summed E-state index contributed by atoms with van der Waals surface area (Å²) in [7, 11) is 0. The standard InChI is InChI=1S/C14H10BrIO2/c15-11-6-7-12(13(16)8-11)14(17)18-9-10-4-2-1-3-5-10/h1-8H,9H2. The summed E-state index contributed by atoms with van der Waals surface area (Å²) >= 11 is 5.49. The zero-order chi connectivity index (χ0) is 13.0. The molecule has 0 spiro atoms. The minimum absolute atomic E-state index is 0.296. The number of carbonyl (C=O) groups is 1. The van der Waals surface area contributed by atoms with Crippen molar-refractivity contribution in [3.8, 4) is 0 Å². The molecule has 0 radical (unpaired) electrons. The van der Waals surface area contributed by atoms with Gasteiger partial charge in [-0.3, -0.25) is 0 Å². The molecular formula is C14H10BrIO2. The maximum absolute atomic E-state index is 11.9. The minimum atomic E-state index is -0.296. The van der Waals surface area contributed by atoms with Crippen LogP contribution in [0.5, 0.6) is 0 Å². The van der Waals surface area contributed by atoms with Gasteiger partial charge in [0.2, 0.25) is 0 Å². The number of rotatable bonds is 3. The molecule has 0 N–H and O–H groups in total. The van der Waals surface area contributed by atoms with Gasteiger partial charge < -0.3 is 4.74 Å². The van der Waals surface area contributed by atoms with Crippen molar-refractivity contribution in [3.63, 3.8) is 0 Å². The molecule has 0 aromatic heterocycles. The zero-order valence-corrected chi connectivity index (χ0v) is 13.1. The highest BCUT2D eigenvalue weighted by molar-refractivity contribution is 14.1. The minimum Gasteiger partial charge on any atom is -0.457 e. The number of halogens is 2. The van der Waals surface area contributed by atoms with Gasteiger partial charge in [0, 0.05) is 8.04 Å². The summed E-state index contributed by atoms with van der Waals surface area (Å²) < 4.78 is 7.10. The van der Waals surface area contributed by atoms with Crippen LogP contribution in [0, 0.1) is 3.57 Å². The second kappa shape index (κ2) is 6.33. The first-order valence-electron chi connectivity index (χ1n) is 5.33. The molecule has 0 saturated carbocycles. The van der Waals surface area contributed by atoms with E-state index < -0.39 is 0 Å². The Morgan fingerprint density at radius 2 is 1.89 bits per heavy atom. The van der Waals surface area contributed by atoms with Gasteiger partial charge in [0.15, 0.2) is 0 Å². The molecule has 2 rings (SSSR count). The highest BCUT2D eigenvalue weighted by Gasteiger charge is 2.11. The van der Waals surface area contributed by atoms with Crippen LogP contribution in [0.2, 0.25) is 0 Å². The van der Waals surface area contributed by atoms with Crippen molar-refractivity contribution < 1.29 is 9.53 Å². The normalized spacial score (nSPS) is 10.1. The van der Waals surface area contributed by atoms with Crippen molar-refractivity contribution in [3.05, 3.63) is 67.7 Å². The summed E-state index contributed by atoms with van der Waals surface area (Å²) in [6.07, 6.45) is 0. The summed E-state index contributed by atoms with van der Waals surface area (Å²) in [6, 6.07) is 15.1. The molecule has 2 nitrogen and oxygen atoms in total. The second-order valence-corrected chi connectivity index (χ2v) is 5.76. The number of ether oxygens (including phenoxy) is 1. The fraction of sp³-hybridized carbons (Fsp3) is 0.0714. The van der Waals surface area contributed by atoms with Crippen molar-refractivity contribution in [2.75, 3.05) is 0 Å². The van der Waals surface area contributed by atoms with Gasteiger partial charge in [-0.05, 0) is 46.4 Å². The molecule has 2 aromatic carbocycles. The van der Waals surface area contributed by atoms with Crippen molar-refractivity contribution in [2.24, 2.45) is 0 Å². The lowest BCUT2D eigenvalue weighted by molar-refractivity contribution is 0.0471. The summed E-state index contributed by atoms with van der Waals surface area (Å²) in [5, 5.41) is 0. The van der Waals surface area contributed by atoms with E-state index >= 15 is 0 Å². The lowest BCUT2D eigenvalue weighted by Gasteiger charge is -2.06. The molecule has 92 valence electrons. The van der Waals surface area contributed by atoms with Crippen LogP contribution < -0.4 is 0 Å². The van der Waals surface area contributed by atoms with Crippen molar-refractivity contribution in [1.29, 1.82) is 0 Å². The van der Waals surface area contributed by atoms with E-state index in [2.05, 4.69) is 38.5 Å². The number of carbonyl (C=O) groups excluding carboxylic acids is 1. The number of hydrogen-bond acceptors (Lipinski definition) is 2. The first kappa shape index (κ1) is 13.5. The first-order chi connectivity index (χ1) is 8.66. The van der Waals surface area contributed by atoms with E-state index in [0.717, 1.165) is 13.6 Å². The van der Waals surface area contributed by atoms with Crippen molar-refractivity contribution >= 4 is 44.5 Å². The van der Waals surface area contributed by atoms with Crippen molar-refractivity contribution in [2.45, 2.75) is 6.61 Å². The molecule has 0 unspecified atom stereocenters. The Labute approximate surface area is 128 Å². The Morgan fingerprint density at radius 1 is 1.17 bits per heavy atom. The van der Waals surface area contributed by atoms with Crippen LogP contribution in [0.1, 0.15) is 15.9 Å². The quantitative estimate of drug-likeness (QED) is 0.547. The second-order valence-electron chi connectivity index (χ2n) is 3.69. The molecule has 0 fully saturated rings. The Kier molecular flexibility index (Phi) is 4.77. The fourth-order valence-corrected chi connectivity index (χ4v) is 2.98. The van der Waals surface area contributed by atoms with Crippen LogP contribution in [0.4, 0.5) is 0 Å². The predicted octanol–water partition coefficient (Wildman–Crippen LogP) is 4.41. The third-order valence-electron chi connectivity index (χ3n) is 2.36. The van der Waals surface area contributed by atoms with Gasteiger partial charge in [-0.25, -0.2) is 4.79 Å². The van der Waals surface area contributed by atoms with Gasteiger partial charge in [-0.2, -0.15) is 0 Å². The lowest BCUT2D eigenvalue weighted by Crippen LogP contribution is -2.07. The van der Waals surface area contributed by atoms with Crippen LogP contribution in [0.15, 0.2) is 53.0 Å². The summed E-state index contributed by atoms with van der Waals surface area (Å²) in [6.45, 7) is 0.297.